The van der Waals surface area contributed by atoms with E-state index in [1.807, 2.05) is 30.3 Å². The lowest BCUT2D eigenvalue weighted by Crippen LogP contribution is -2.44. The molecule has 1 N–H and O–H groups in total. The molecule has 3 heteroatoms. The fourth-order valence-electron chi connectivity index (χ4n) is 3.32. The largest absolute Gasteiger partial charge is 0.355 e. The van der Waals surface area contributed by atoms with Crippen molar-refractivity contribution in [3.63, 3.8) is 0 Å². The maximum absolute atomic E-state index is 9.15. The molecule has 0 saturated carbocycles. The molecule has 0 atom stereocenters. The molecule has 0 spiro atoms. The van der Waals surface area contributed by atoms with Gasteiger partial charge in [-0.05, 0) is 23.3 Å². The van der Waals surface area contributed by atoms with E-state index in [0.29, 0.717) is 12.1 Å². The average molecular weight is 323 g/mol. The zero-order valence-corrected chi connectivity index (χ0v) is 13.7. The number of aliphatic imine (C=N–C) groups is 1. The molecule has 0 aromatic heterocycles. The number of benzene rings is 3. The standard InChI is InChI=1S/C22H17N3/c23-15-17-8-7-9-18(14-17)21-24-16-22(25-21,19-10-3-1-4-11-19)20-12-5-2-6-13-20/h1-14H,16H2,(H,24,25). The monoisotopic (exact) mass is 323 g/mol. The van der Waals surface area contributed by atoms with Crippen LogP contribution in [0.1, 0.15) is 22.3 Å². The third-order valence-electron chi connectivity index (χ3n) is 4.60. The van der Waals surface area contributed by atoms with Crippen LogP contribution in [0.3, 0.4) is 0 Å². The molecule has 0 radical (unpaired) electrons. The number of nitrogens with zero attached hydrogens (tertiary/aromatic N) is 2. The molecule has 0 saturated heterocycles. The van der Waals surface area contributed by atoms with Crippen LogP contribution in [0.4, 0.5) is 0 Å². The highest BCUT2D eigenvalue weighted by molar-refractivity contribution is 6.01. The maximum atomic E-state index is 9.15. The summed E-state index contributed by atoms with van der Waals surface area (Å²) in [5.41, 5.74) is 3.54. The van der Waals surface area contributed by atoms with Gasteiger partial charge in [-0.1, -0.05) is 72.8 Å². The first-order valence-electron chi connectivity index (χ1n) is 8.26. The Morgan fingerprint density at radius 1 is 0.840 bits per heavy atom. The Balaban J connectivity index is 1.77. The van der Waals surface area contributed by atoms with E-state index < -0.39 is 0 Å². The molecule has 120 valence electrons. The first kappa shape index (κ1) is 15.2. The van der Waals surface area contributed by atoms with Crippen LogP contribution >= 0.6 is 0 Å². The molecule has 0 unspecified atom stereocenters. The number of hydrogen-bond donors (Lipinski definition) is 1. The van der Waals surface area contributed by atoms with E-state index in [0.717, 1.165) is 11.4 Å². The highest BCUT2D eigenvalue weighted by atomic mass is 15.1. The van der Waals surface area contributed by atoms with E-state index in [-0.39, 0.29) is 5.54 Å². The van der Waals surface area contributed by atoms with E-state index >= 15 is 0 Å². The summed E-state index contributed by atoms with van der Waals surface area (Å²) in [6, 6.07) is 30.5. The quantitative estimate of drug-likeness (QED) is 0.796. The van der Waals surface area contributed by atoms with Crippen LogP contribution in [-0.4, -0.2) is 12.4 Å². The second-order valence-electron chi connectivity index (χ2n) is 6.12. The maximum Gasteiger partial charge on any atom is 0.129 e. The Hall–Kier alpha value is -3.38. The van der Waals surface area contributed by atoms with Crippen molar-refractivity contribution in [3.05, 3.63) is 107 Å². The number of nitrogens with one attached hydrogen (secondary N) is 1. The molecule has 3 aromatic carbocycles. The van der Waals surface area contributed by atoms with Gasteiger partial charge in [0.1, 0.15) is 11.4 Å². The van der Waals surface area contributed by atoms with Crippen molar-refractivity contribution in [2.24, 2.45) is 4.99 Å². The van der Waals surface area contributed by atoms with Crippen molar-refractivity contribution in [1.29, 1.82) is 5.26 Å². The summed E-state index contributed by atoms with van der Waals surface area (Å²) in [6.45, 7) is 0.618. The lowest BCUT2D eigenvalue weighted by atomic mass is 9.83. The fraction of sp³-hybridized carbons (Fsp3) is 0.0909. The van der Waals surface area contributed by atoms with E-state index in [4.69, 9.17) is 10.3 Å². The Kier molecular flexibility index (Phi) is 3.80. The SMILES string of the molecule is N#Cc1cccc(C2=NCC(c3ccccc3)(c3ccccc3)N2)c1. The van der Waals surface area contributed by atoms with Crippen molar-refractivity contribution in [2.45, 2.75) is 5.54 Å². The summed E-state index contributed by atoms with van der Waals surface area (Å²) in [5, 5.41) is 12.8. The normalized spacial score (nSPS) is 15.1. The molecule has 3 nitrogen and oxygen atoms in total. The minimum Gasteiger partial charge on any atom is -0.355 e. The van der Waals surface area contributed by atoms with Gasteiger partial charge in [0.05, 0.1) is 18.2 Å². The van der Waals surface area contributed by atoms with Gasteiger partial charge in [0.25, 0.3) is 0 Å². The summed E-state index contributed by atoms with van der Waals surface area (Å²) in [6.07, 6.45) is 0. The Morgan fingerprint density at radius 3 is 2.08 bits per heavy atom. The molecule has 0 fully saturated rings. The number of amidine groups is 1. The average Bonchev–Trinajstić information content (AvgIpc) is 3.16. The van der Waals surface area contributed by atoms with Crippen LogP contribution in [0.2, 0.25) is 0 Å². The summed E-state index contributed by atoms with van der Waals surface area (Å²) >= 11 is 0. The lowest BCUT2D eigenvalue weighted by molar-refractivity contribution is 0.524. The van der Waals surface area contributed by atoms with Crippen molar-refractivity contribution in [1.82, 2.24) is 5.32 Å². The minimum absolute atomic E-state index is 0.388. The molecule has 1 aliphatic heterocycles. The molecule has 4 rings (SSSR count). The molecule has 0 aliphatic carbocycles. The molecular formula is C22H17N3. The second-order valence-corrected chi connectivity index (χ2v) is 6.12. The van der Waals surface area contributed by atoms with Crippen molar-refractivity contribution in [2.75, 3.05) is 6.54 Å². The van der Waals surface area contributed by atoms with Gasteiger partial charge in [0.15, 0.2) is 0 Å². The third kappa shape index (κ3) is 2.68. The van der Waals surface area contributed by atoms with E-state index in [1.165, 1.54) is 11.1 Å². The van der Waals surface area contributed by atoms with Gasteiger partial charge < -0.3 is 5.32 Å². The molecule has 25 heavy (non-hydrogen) atoms. The Bertz CT molecular complexity index is 914. The first-order valence-corrected chi connectivity index (χ1v) is 8.26. The van der Waals surface area contributed by atoms with Gasteiger partial charge in [-0.2, -0.15) is 5.26 Å². The fourth-order valence-corrected chi connectivity index (χ4v) is 3.32. The Morgan fingerprint density at radius 2 is 1.48 bits per heavy atom. The van der Waals surface area contributed by atoms with Crippen LogP contribution in [0.5, 0.6) is 0 Å². The molecular weight excluding hydrogens is 306 g/mol. The van der Waals surface area contributed by atoms with Gasteiger partial charge in [-0.3, -0.25) is 4.99 Å². The van der Waals surface area contributed by atoms with Crippen molar-refractivity contribution in [3.8, 4) is 6.07 Å². The summed E-state index contributed by atoms with van der Waals surface area (Å²) in [7, 11) is 0. The summed E-state index contributed by atoms with van der Waals surface area (Å²) in [5.74, 6) is 0.824. The Labute approximate surface area is 147 Å². The molecule has 0 amide bonds. The van der Waals surface area contributed by atoms with Crippen LogP contribution in [0, 0.1) is 11.3 Å². The van der Waals surface area contributed by atoms with Crippen LogP contribution in [0.15, 0.2) is 89.9 Å². The van der Waals surface area contributed by atoms with E-state index in [1.54, 1.807) is 6.07 Å². The van der Waals surface area contributed by atoms with Crippen LogP contribution in [0.25, 0.3) is 0 Å². The second kappa shape index (κ2) is 6.26. The van der Waals surface area contributed by atoms with Crippen LogP contribution in [-0.2, 0) is 5.54 Å². The highest BCUT2D eigenvalue weighted by Gasteiger charge is 2.39. The molecule has 1 aliphatic rings. The van der Waals surface area contributed by atoms with Gasteiger partial charge >= 0.3 is 0 Å². The number of nitriles is 1. The van der Waals surface area contributed by atoms with E-state index in [2.05, 4.69) is 59.9 Å². The molecule has 1 heterocycles. The first-order chi connectivity index (χ1) is 12.3. The van der Waals surface area contributed by atoms with Gasteiger partial charge in [-0.25, -0.2) is 0 Å². The zero-order chi connectivity index (χ0) is 17.1. The number of rotatable bonds is 3. The van der Waals surface area contributed by atoms with Crippen molar-refractivity contribution >= 4 is 5.84 Å². The van der Waals surface area contributed by atoms with Crippen molar-refractivity contribution < 1.29 is 0 Å². The summed E-state index contributed by atoms with van der Waals surface area (Å²) < 4.78 is 0. The predicted molar refractivity (Wildman–Crippen MR) is 99.4 cm³/mol. The topological polar surface area (TPSA) is 48.2 Å². The molecule has 0 bridgehead atoms. The smallest absolute Gasteiger partial charge is 0.129 e. The highest BCUT2D eigenvalue weighted by Crippen LogP contribution is 2.33. The number of hydrogen-bond acceptors (Lipinski definition) is 3. The minimum atomic E-state index is -0.388. The van der Waals surface area contributed by atoms with Gasteiger partial charge in [0, 0.05) is 5.56 Å². The third-order valence-corrected chi connectivity index (χ3v) is 4.60. The summed E-state index contributed by atoms with van der Waals surface area (Å²) in [4.78, 5) is 4.78. The van der Waals surface area contributed by atoms with Gasteiger partial charge in [0.2, 0.25) is 0 Å². The lowest BCUT2D eigenvalue weighted by Gasteiger charge is -2.31. The van der Waals surface area contributed by atoms with E-state index in [9.17, 15) is 0 Å². The van der Waals surface area contributed by atoms with Crippen LogP contribution < -0.4 is 5.32 Å². The predicted octanol–water partition coefficient (Wildman–Crippen LogP) is 3.85. The van der Waals surface area contributed by atoms with Gasteiger partial charge in [-0.15, -0.1) is 0 Å². The molecule has 3 aromatic rings. The zero-order valence-electron chi connectivity index (χ0n) is 13.7.